The minimum absolute atomic E-state index is 0.243. The van der Waals surface area contributed by atoms with Crippen molar-refractivity contribution in [2.75, 3.05) is 12.3 Å². The summed E-state index contributed by atoms with van der Waals surface area (Å²) in [5, 5.41) is 0.568. The molecule has 1 amide bonds. The molecule has 2 N–H and O–H groups in total. The highest BCUT2D eigenvalue weighted by atomic mass is 32.2. The van der Waals surface area contributed by atoms with Crippen LogP contribution in [0.25, 0.3) is 0 Å². The zero-order chi connectivity index (χ0) is 12.4. The van der Waals surface area contributed by atoms with Crippen LogP contribution in [-0.4, -0.2) is 40.4 Å². The molecule has 1 aliphatic heterocycles. The molecule has 98 valence electrons. The van der Waals surface area contributed by atoms with Gasteiger partial charge in [0.05, 0.1) is 0 Å². The molecule has 1 aliphatic carbocycles. The molecule has 2 unspecified atom stereocenters. The highest BCUT2D eigenvalue weighted by Crippen LogP contribution is 2.30. The van der Waals surface area contributed by atoms with Gasteiger partial charge in [-0.3, -0.25) is 4.79 Å². The van der Waals surface area contributed by atoms with Crippen molar-refractivity contribution in [3.05, 3.63) is 0 Å². The summed E-state index contributed by atoms with van der Waals surface area (Å²) in [6.07, 6.45) is 4.02. The first-order chi connectivity index (χ1) is 8.09. The summed E-state index contributed by atoms with van der Waals surface area (Å²) < 4.78 is 0. The van der Waals surface area contributed by atoms with Crippen LogP contribution in [0.15, 0.2) is 0 Å². The molecule has 2 rings (SSSR count). The first kappa shape index (κ1) is 13.2. The van der Waals surface area contributed by atoms with Crippen molar-refractivity contribution in [3.63, 3.8) is 0 Å². The second-order valence-corrected chi connectivity index (χ2v) is 6.94. The van der Waals surface area contributed by atoms with E-state index in [4.69, 9.17) is 5.73 Å². The molecule has 0 aromatic carbocycles. The van der Waals surface area contributed by atoms with Gasteiger partial charge < -0.3 is 10.6 Å². The number of nitrogens with two attached hydrogens (primary N) is 1. The van der Waals surface area contributed by atoms with Gasteiger partial charge in [0.1, 0.15) is 0 Å². The Hall–Kier alpha value is -0.220. The predicted molar refractivity (Wildman–Crippen MR) is 73.0 cm³/mol. The molecule has 0 aromatic heterocycles. The van der Waals surface area contributed by atoms with E-state index in [-0.39, 0.29) is 5.92 Å². The first-order valence-electron chi connectivity index (χ1n) is 6.77. The fourth-order valence-electron chi connectivity index (χ4n) is 2.84. The van der Waals surface area contributed by atoms with Crippen LogP contribution in [-0.2, 0) is 4.79 Å². The Bertz CT molecular complexity index is 277. The minimum Gasteiger partial charge on any atom is -0.338 e. The summed E-state index contributed by atoms with van der Waals surface area (Å²) in [6.45, 7) is 5.34. The second-order valence-electron chi connectivity index (χ2n) is 5.46. The Morgan fingerprint density at radius 1 is 1.24 bits per heavy atom. The lowest BCUT2D eigenvalue weighted by Crippen LogP contribution is -2.50. The van der Waals surface area contributed by atoms with E-state index in [1.807, 2.05) is 11.8 Å². The average Bonchev–Trinajstić information content (AvgIpc) is 2.33. The van der Waals surface area contributed by atoms with Crippen LogP contribution in [0.1, 0.15) is 39.5 Å². The molecule has 0 spiro atoms. The molecule has 0 aromatic rings. The van der Waals surface area contributed by atoms with Gasteiger partial charge in [0.15, 0.2) is 0 Å². The Balaban J connectivity index is 1.94. The number of carbonyl (C=O) groups is 1. The highest BCUT2D eigenvalue weighted by molar-refractivity contribution is 8.00. The summed E-state index contributed by atoms with van der Waals surface area (Å²) in [6, 6.07) is 0.712. The van der Waals surface area contributed by atoms with Crippen LogP contribution in [0.4, 0.5) is 0 Å². The van der Waals surface area contributed by atoms with E-state index in [2.05, 4.69) is 18.7 Å². The second kappa shape index (κ2) is 5.61. The molecule has 0 bridgehead atoms. The van der Waals surface area contributed by atoms with Gasteiger partial charge in [-0.15, -0.1) is 0 Å². The molecule has 4 heteroatoms. The van der Waals surface area contributed by atoms with E-state index in [0.717, 1.165) is 38.0 Å². The third-order valence-electron chi connectivity index (χ3n) is 4.29. The molecular weight excluding hydrogens is 232 g/mol. The Morgan fingerprint density at radius 2 is 1.88 bits per heavy atom. The zero-order valence-corrected chi connectivity index (χ0v) is 11.7. The summed E-state index contributed by atoms with van der Waals surface area (Å²) in [7, 11) is 0. The minimum atomic E-state index is 0.243. The summed E-state index contributed by atoms with van der Waals surface area (Å²) in [4.78, 5) is 14.6. The largest absolute Gasteiger partial charge is 0.338 e. The lowest BCUT2D eigenvalue weighted by atomic mass is 9.85. The smallest absolute Gasteiger partial charge is 0.225 e. The van der Waals surface area contributed by atoms with E-state index in [9.17, 15) is 4.79 Å². The van der Waals surface area contributed by atoms with Crippen molar-refractivity contribution in [2.24, 2.45) is 11.7 Å². The third-order valence-corrected chi connectivity index (χ3v) is 5.63. The fraction of sp³-hybridized carbons (Fsp3) is 0.923. The number of carbonyl (C=O) groups excluding carboxylic acids is 1. The van der Waals surface area contributed by atoms with Crippen LogP contribution in [0, 0.1) is 5.92 Å². The normalized spacial score (nSPS) is 39.1. The van der Waals surface area contributed by atoms with Gasteiger partial charge in [0.25, 0.3) is 0 Å². The van der Waals surface area contributed by atoms with Gasteiger partial charge in [0.2, 0.25) is 5.91 Å². The van der Waals surface area contributed by atoms with Crippen molar-refractivity contribution in [1.82, 2.24) is 4.90 Å². The van der Waals surface area contributed by atoms with Crippen LogP contribution in [0.3, 0.4) is 0 Å². The lowest BCUT2D eigenvalue weighted by Gasteiger charge is -2.40. The zero-order valence-electron chi connectivity index (χ0n) is 10.9. The standard InChI is InChI=1S/C13H24N2OS/c1-9-10(2)17-8-7-15(9)13(16)11-3-5-12(14)6-4-11/h9-12H,3-8,14H2,1-2H3. The molecule has 1 saturated heterocycles. The number of amides is 1. The molecule has 1 saturated carbocycles. The number of thioether (sulfide) groups is 1. The van der Waals surface area contributed by atoms with Gasteiger partial charge in [-0.05, 0) is 32.6 Å². The number of hydrogen-bond acceptors (Lipinski definition) is 3. The number of hydrogen-bond donors (Lipinski definition) is 1. The molecule has 1 heterocycles. The molecular formula is C13H24N2OS. The van der Waals surface area contributed by atoms with Crippen LogP contribution < -0.4 is 5.73 Å². The maximum Gasteiger partial charge on any atom is 0.225 e. The Morgan fingerprint density at radius 3 is 2.53 bits per heavy atom. The number of rotatable bonds is 1. The van der Waals surface area contributed by atoms with Crippen LogP contribution >= 0.6 is 11.8 Å². The van der Waals surface area contributed by atoms with Gasteiger partial charge >= 0.3 is 0 Å². The lowest BCUT2D eigenvalue weighted by molar-refractivity contribution is -0.138. The maximum atomic E-state index is 12.5. The summed E-state index contributed by atoms with van der Waals surface area (Å²) in [5.41, 5.74) is 5.90. The van der Waals surface area contributed by atoms with Crippen molar-refractivity contribution in [3.8, 4) is 0 Å². The number of nitrogens with zero attached hydrogens (tertiary/aromatic N) is 1. The van der Waals surface area contributed by atoms with Gasteiger partial charge in [0, 0.05) is 35.5 Å². The molecule has 2 atom stereocenters. The maximum absolute atomic E-state index is 12.5. The van der Waals surface area contributed by atoms with E-state index in [0.29, 0.717) is 23.2 Å². The van der Waals surface area contributed by atoms with E-state index in [1.165, 1.54) is 0 Å². The first-order valence-corrected chi connectivity index (χ1v) is 7.82. The van der Waals surface area contributed by atoms with Crippen molar-refractivity contribution in [1.29, 1.82) is 0 Å². The van der Waals surface area contributed by atoms with Crippen LogP contribution in [0.5, 0.6) is 0 Å². The summed E-state index contributed by atoms with van der Waals surface area (Å²) in [5.74, 6) is 1.72. The topological polar surface area (TPSA) is 46.3 Å². The van der Waals surface area contributed by atoms with Gasteiger partial charge in [-0.2, -0.15) is 11.8 Å². The molecule has 17 heavy (non-hydrogen) atoms. The quantitative estimate of drug-likeness (QED) is 0.779. The van der Waals surface area contributed by atoms with Gasteiger partial charge in [-0.1, -0.05) is 6.92 Å². The fourth-order valence-corrected chi connectivity index (χ4v) is 3.94. The van der Waals surface area contributed by atoms with Crippen LogP contribution in [0.2, 0.25) is 0 Å². The Labute approximate surface area is 108 Å². The predicted octanol–water partition coefficient (Wildman–Crippen LogP) is 1.86. The molecule has 2 fully saturated rings. The summed E-state index contributed by atoms with van der Waals surface area (Å²) >= 11 is 1.98. The van der Waals surface area contributed by atoms with E-state index in [1.54, 1.807) is 0 Å². The van der Waals surface area contributed by atoms with Crippen molar-refractivity contribution in [2.45, 2.75) is 56.9 Å². The monoisotopic (exact) mass is 256 g/mol. The molecule has 0 radical (unpaired) electrons. The van der Waals surface area contributed by atoms with E-state index < -0.39 is 0 Å². The van der Waals surface area contributed by atoms with Gasteiger partial charge in [-0.25, -0.2) is 0 Å². The van der Waals surface area contributed by atoms with Crippen molar-refractivity contribution < 1.29 is 4.79 Å². The molecule has 3 nitrogen and oxygen atoms in total. The average molecular weight is 256 g/mol. The third kappa shape index (κ3) is 2.97. The molecule has 2 aliphatic rings. The van der Waals surface area contributed by atoms with E-state index >= 15 is 0 Å². The van der Waals surface area contributed by atoms with Crippen molar-refractivity contribution >= 4 is 17.7 Å². The SMILES string of the molecule is CC1SCCN(C(=O)C2CCC(N)CC2)C1C. The Kier molecular flexibility index (Phi) is 4.36. The highest BCUT2D eigenvalue weighted by Gasteiger charge is 2.34.